The van der Waals surface area contributed by atoms with Gasteiger partial charge in [-0.1, -0.05) is 18.5 Å². The van der Waals surface area contributed by atoms with Crippen LogP contribution in [0.5, 0.6) is 0 Å². The van der Waals surface area contributed by atoms with Gasteiger partial charge in [-0.3, -0.25) is 9.36 Å². The zero-order valence-electron chi connectivity index (χ0n) is 13.0. The Labute approximate surface area is 130 Å². The summed E-state index contributed by atoms with van der Waals surface area (Å²) in [4.78, 5) is 2.13. The molecule has 0 spiro atoms. The third kappa shape index (κ3) is 3.84. The van der Waals surface area contributed by atoms with E-state index in [-0.39, 0.29) is 6.04 Å². The van der Waals surface area contributed by atoms with Crippen LogP contribution in [0.4, 0.5) is 0 Å². The number of nitrogens with one attached hydrogen (secondary N) is 1. The van der Waals surface area contributed by atoms with E-state index in [1.165, 1.54) is 0 Å². The van der Waals surface area contributed by atoms with Crippen LogP contribution in [-0.4, -0.2) is 51.6 Å². The van der Waals surface area contributed by atoms with Gasteiger partial charge in [-0.05, 0) is 20.6 Å². The molecule has 2 aromatic rings. The maximum absolute atomic E-state index is 6.38. The van der Waals surface area contributed by atoms with Gasteiger partial charge in [-0.15, -0.1) is 0 Å². The van der Waals surface area contributed by atoms with Gasteiger partial charge in [0.25, 0.3) is 0 Å². The number of hydrogen-bond donors (Lipinski definition) is 1. The van der Waals surface area contributed by atoms with Crippen LogP contribution in [0, 0.1) is 0 Å². The average molecular weight is 311 g/mol. The fourth-order valence-electron chi connectivity index (χ4n) is 2.30. The van der Waals surface area contributed by atoms with Crippen molar-refractivity contribution in [2.75, 3.05) is 27.2 Å². The molecule has 7 heteroatoms. The van der Waals surface area contributed by atoms with Crippen molar-refractivity contribution in [1.82, 2.24) is 29.8 Å². The molecule has 0 radical (unpaired) electrons. The Morgan fingerprint density at radius 3 is 2.67 bits per heavy atom. The van der Waals surface area contributed by atoms with Crippen molar-refractivity contribution in [2.24, 2.45) is 7.05 Å². The average Bonchev–Trinajstić information content (AvgIpc) is 3.00. The molecule has 0 saturated heterocycles. The van der Waals surface area contributed by atoms with Crippen LogP contribution >= 0.6 is 11.6 Å². The van der Waals surface area contributed by atoms with E-state index in [4.69, 9.17) is 11.6 Å². The van der Waals surface area contributed by atoms with E-state index in [0.717, 1.165) is 30.9 Å². The summed E-state index contributed by atoms with van der Waals surface area (Å²) in [6, 6.07) is 0.000798. The van der Waals surface area contributed by atoms with Crippen LogP contribution in [0.1, 0.15) is 24.2 Å². The minimum Gasteiger partial charge on any atom is -0.308 e. The zero-order chi connectivity index (χ0) is 15.4. The summed E-state index contributed by atoms with van der Waals surface area (Å²) in [6.45, 7) is 4.64. The fourth-order valence-corrected chi connectivity index (χ4v) is 2.55. The normalized spacial score (nSPS) is 13.0. The molecule has 116 valence electrons. The smallest absolute Gasteiger partial charge is 0.0837 e. The maximum atomic E-state index is 6.38. The van der Waals surface area contributed by atoms with Crippen LogP contribution in [0.25, 0.3) is 0 Å². The number of rotatable bonds is 7. The standard InChI is InChI=1S/C14H23ClN6/c1-5-16-13(11-8-17-20(4)10-11)14-12(15)9-18-21(14)7-6-19(2)3/h8-10,13,16H,5-7H2,1-4H3. The summed E-state index contributed by atoms with van der Waals surface area (Å²) in [5, 5.41) is 12.8. The molecule has 0 aliphatic carbocycles. The minimum atomic E-state index is 0.000798. The number of aryl methyl sites for hydroxylation is 1. The first-order valence-electron chi connectivity index (χ1n) is 7.10. The second-order valence-corrected chi connectivity index (χ2v) is 5.75. The third-order valence-electron chi connectivity index (χ3n) is 3.33. The molecule has 0 bridgehead atoms. The predicted octanol–water partition coefficient (Wildman–Crippen LogP) is 1.53. The van der Waals surface area contributed by atoms with E-state index in [1.54, 1.807) is 10.9 Å². The Bertz CT molecular complexity index is 574. The molecule has 1 unspecified atom stereocenters. The predicted molar refractivity (Wildman–Crippen MR) is 84.5 cm³/mol. The third-order valence-corrected chi connectivity index (χ3v) is 3.62. The summed E-state index contributed by atoms with van der Waals surface area (Å²) < 4.78 is 3.77. The summed E-state index contributed by atoms with van der Waals surface area (Å²) >= 11 is 6.38. The van der Waals surface area contributed by atoms with Gasteiger partial charge in [0.1, 0.15) is 0 Å². The fraction of sp³-hybridized carbons (Fsp3) is 0.571. The molecule has 0 fully saturated rings. The molecule has 0 aliphatic heterocycles. The van der Waals surface area contributed by atoms with Crippen molar-refractivity contribution in [3.63, 3.8) is 0 Å². The first-order valence-corrected chi connectivity index (χ1v) is 7.48. The Morgan fingerprint density at radius 1 is 1.33 bits per heavy atom. The molecular weight excluding hydrogens is 288 g/mol. The summed E-state index contributed by atoms with van der Waals surface area (Å²) in [6.07, 6.45) is 5.59. The summed E-state index contributed by atoms with van der Waals surface area (Å²) in [5.41, 5.74) is 2.08. The lowest BCUT2D eigenvalue weighted by Gasteiger charge is -2.20. The van der Waals surface area contributed by atoms with Gasteiger partial charge in [-0.25, -0.2) is 0 Å². The van der Waals surface area contributed by atoms with Gasteiger partial charge in [0.15, 0.2) is 0 Å². The molecule has 0 aliphatic rings. The molecule has 0 saturated carbocycles. The maximum Gasteiger partial charge on any atom is 0.0837 e. The molecule has 2 rings (SSSR count). The quantitative estimate of drug-likeness (QED) is 0.842. The Morgan fingerprint density at radius 2 is 2.10 bits per heavy atom. The van der Waals surface area contributed by atoms with Crippen molar-refractivity contribution in [2.45, 2.75) is 19.5 Å². The van der Waals surface area contributed by atoms with E-state index >= 15 is 0 Å². The monoisotopic (exact) mass is 310 g/mol. The lowest BCUT2D eigenvalue weighted by molar-refractivity contribution is 0.365. The highest BCUT2D eigenvalue weighted by Crippen LogP contribution is 2.28. The van der Waals surface area contributed by atoms with Crippen LogP contribution in [-0.2, 0) is 13.6 Å². The summed E-state index contributed by atoms with van der Waals surface area (Å²) in [7, 11) is 6.01. The van der Waals surface area contributed by atoms with Crippen molar-refractivity contribution in [3.05, 3.63) is 34.9 Å². The van der Waals surface area contributed by atoms with Gasteiger partial charge in [0.05, 0.1) is 35.7 Å². The molecule has 0 aromatic carbocycles. The number of likely N-dealkylation sites (N-methyl/N-ethyl adjacent to an activating group) is 1. The van der Waals surface area contributed by atoms with E-state index < -0.39 is 0 Å². The molecule has 1 atom stereocenters. The van der Waals surface area contributed by atoms with Gasteiger partial charge in [0.2, 0.25) is 0 Å². The molecule has 0 amide bonds. The van der Waals surface area contributed by atoms with Crippen LogP contribution in [0.3, 0.4) is 0 Å². The zero-order valence-corrected chi connectivity index (χ0v) is 13.8. The number of nitrogens with zero attached hydrogens (tertiary/aromatic N) is 5. The van der Waals surface area contributed by atoms with Crippen molar-refractivity contribution >= 4 is 11.6 Å². The summed E-state index contributed by atoms with van der Waals surface area (Å²) in [5.74, 6) is 0. The molecule has 2 heterocycles. The van der Waals surface area contributed by atoms with Gasteiger partial charge in [-0.2, -0.15) is 10.2 Å². The van der Waals surface area contributed by atoms with Crippen LogP contribution < -0.4 is 5.32 Å². The molecule has 21 heavy (non-hydrogen) atoms. The van der Waals surface area contributed by atoms with Crippen LogP contribution in [0.15, 0.2) is 18.6 Å². The SMILES string of the molecule is CCNC(c1cnn(C)c1)c1c(Cl)cnn1CCN(C)C. The van der Waals surface area contributed by atoms with Gasteiger partial charge >= 0.3 is 0 Å². The van der Waals surface area contributed by atoms with Crippen LogP contribution in [0.2, 0.25) is 5.02 Å². The second kappa shape index (κ2) is 7.06. The number of aromatic nitrogens is 4. The molecule has 6 nitrogen and oxygen atoms in total. The number of hydrogen-bond acceptors (Lipinski definition) is 4. The first-order chi connectivity index (χ1) is 10.0. The highest BCUT2D eigenvalue weighted by molar-refractivity contribution is 6.31. The van der Waals surface area contributed by atoms with Crippen molar-refractivity contribution in [1.29, 1.82) is 0 Å². The lowest BCUT2D eigenvalue weighted by Crippen LogP contribution is -2.27. The lowest BCUT2D eigenvalue weighted by atomic mass is 10.1. The topological polar surface area (TPSA) is 50.9 Å². The van der Waals surface area contributed by atoms with Gasteiger partial charge in [0, 0.05) is 25.4 Å². The molecule has 1 N–H and O–H groups in total. The second-order valence-electron chi connectivity index (χ2n) is 5.34. The van der Waals surface area contributed by atoms with E-state index in [0.29, 0.717) is 5.02 Å². The van der Waals surface area contributed by atoms with Crippen molar-refractivity contribution in [3.8, 4) is 0 Å². The Balaban J connectivity index is 2.33. The van der Waals surface area contributed by atoms with Crippen molar-refractivity contribution < 1.29 is 0 Å². The van der Waals surface area contributed by atoms with E-state index in [2.05, 4.69) is 27.3 Å². The Hall–Kier alpha value is -1.37. The van der Waals surface area contributed by atoms with E-state index in [1.807, 2.05) is 38.2 Å². The first kappa shape index (κ1) is 16.0. The molecule has 2 aromatic heterocycles. The molecular formula is C14H23ClN6. The highest BCUT2D eigenvalue weighted by atomic mass is 35.5. The van der Waals surface area contributed by atoms with Gasteiger partial charge < -0.3 is 10.2 Å². The Kier molecular flexibility index (Phi) is 5.39. The highest BCUT2D eigenvalue weighted by Gasteiger charge is 2.22. The minimum absolute atomic E-state index is 0.000798. The number of halogens is 1. The largest absolute Gasteiger partial charge is 0.308 e. The van der Waals surface area contributed by atoms with E-state index in [9.17, 15) is 0 Å².